The lowest BCUT2D eigenvalue weighted by atomic mass is 10.2. The first kappa shape index (κ1) is 12.8. The zero-order chi connectivity index (χ0) is 11.8. The average Bonchev–Trinajstić information content (AvgIpc) is 2.28. The Morgan fingerprint density at radius 3 is 2.69 bits per heavy atom. The van der Waals surface area contributed by atoms with Gasteiger partial charge in [0.1, 0.15) is 0 Å². The number of rotatable bonds is 6. The number of hydrogen-bond donors (Lipinski definition) is 1. The van der Waals surface area contributed by atoms with Gasteiger partial charge in [-0.05, 0) is 43.6 Å². The van der Waals surface area contributed by atoms with Gasteiger partial charge >= 0.3 is 0 Å². The number of nitrogens with one attached hydrogen (secondary N) is 1. The monoisotopic (exact) mass is 225 g/mol. The van der Waals surface area contributed by atoms with Crippen LogP contribution < -0.4 is 5.32 Å². The Bertz CT molecular complexity index is 348. The first-order valence-corrected chi connectivity index (χ1v) is 5.56. The molecule has 0 unspecified atom stereocenters. The van der Waals surface area contributed by atoms with Crippen LogP contribution in [0, 0.1) is 11.6 Å². The maximum Gasteiger partial charge on any atom is 0.159 e. The molecule has 88 valence electrons. The van der Waals surface area contributed by atoms with Gasteiger partial charge in [-0.15, -0.1) is 0 Å². The van der Waals surface area contributed by atoms with Crippen LogP contribution in [0.3, 0.4) is 0 Å². The zero-order valence-corrected chi connectivity index (χ0v) is 9.47. The molecule has 0 fully saturated rings. The van der Waals surface area contributed by atoms with Crippen LogP contribution in [0.1, 0.15) is 25.3 Å². The molecule has 1 aromatic carbocycles. The molecule has 0 atom stereocenters. The SMILES string of the molecule is CCCNCCC=Cc1ccc(F)c(F)c1. The van der Waals surface area contributed by atoms with E-state index in [4.69, 9.17) is 0 Å². The zero-order valence-electron chi connectivity index (χ0n) is 9.47. The van der Waals surface area contributed by atoms with Crippen LogP contribution in [0.4, 0.5) is 8.78 Å². The quantitative estimate of drug-likeness (QED) is 0.732. The van der Waals surface area contributed by atoms with Gasteiger partial charge in [-0.2, -0.15) is 0 Å². The molecule has 0 heterocycles. The summed E-state index contributed by atoms with van der Waals surface area (Å²) in [7, 11) is 0. The van der Waals surface area contributed by atoms with Crippen LogP contribution in [-0.2, 0) is 0 Å². The molecule has 16 heavy (non-hydrogen) atoms. The summed E-state index contributed by atoms with van der Waals surface area (Å²) >= 11 is 0. The Morgan fingerprint density at radius 2 is 2.00 bits per heavy atom. The van der Waals surface area contributed by atoms with Crippen molar-refractivity contribution in [3.8, 4) is 0 Å². The van der Waals surface area contributed by atoms with E-state index in [0.29, 0.717) is 5.56 Å². The van der Waals surface area contributed by atoms with Crippen molar-refractivity contribution in [3.05, 3.63) is 41.5 Å². The van der Waals surface area contributed by atoms with Crippen molar-refractivity contribution in [2.45, 2.75) is 19.8 Å². The summed E-state index contributed by atoms with van der Waals surface area (Å²) in [6.45, 7) is 4.04. The fourth-order valence-electron chi connectivity index (χ4n) is 1.32. The molecule has 0 aliphatic heterocycles. The second-order valence-corrected chi connectivity index (χ2v) is 3.61. The van der Waals surface area contributed by atoms with Crippen molar-refractivity contribution in [2.75, 3.05) is 13.1 Å². The van der Waals surface area contributed by atoms with Gasteiger partial charge in [0.2, 0.25) is 0 Å². The van der Waals surface area contributed by atoms with E-state index in [1.54, 1.807) is 12.1 Å². The smallest absolute Gasteiger partial charge is 0.159 e. The summed E-state index contributed by atoms with van der Waals surface area (Å²) in [5, 5.41) is 3.26. The van der Waals surface area contributed by atoms with Crippen molar-refractivity contribution in [3.63, 3.8) is 0 Å². The van der Waals surface area contributed by atoms with E-state index in [-0.39, 0.29) is 0 Å². The Labute approximate surface area is 95.2 Å². The summed E-state index contributed by atoms with van der Waals surface area (Å²) in [5.41, 5.74) is 0.689. The van der Waals surface area contributed by atoms with Gasteiger partial charge in [-0.1, -0.05) is 25.1 Å². The van der Waals surface area contributed by atoms with Gasteiger partial charge < -0.3 is 5.32 Å². The predicted octanol–water partition coefficient (Wildman–Crippen LogP) is 3.37. The van der Waals surface area contributed by atoms with Crippen LogP contribution in [0.2, 0.25) is 0 Å². The third kappa shape index (κ3) is 4.53. The first-order valence-electron chi connectivity index (χ1n) is 5.56. The molecule has 0 saturated heterocycles. The Kier molecular flexibility index (Phi) is 5.72. The van der Waals surface area contributed by atoms with Gasteiger partial charge in [-0.25, -0.2) is 8.78 Å². The molecule has 1 aromatic rings. The topological polar surface area (TPSA) is 12.0 Å². The van der Waals surface area contributed by atoms with Crippen molar-refractivity contribution < 1.29 is 8.78 Å². The summed E-state index contributed by atoms with van der Waals surface area (Å²) in [6.07, 6.45) is 5.76. The lowest BCUT2D eigenvalue weighted by molar-refractivity contribution is 0.508. The minimum absolute atomic E-state index is 0.689. The fraction of sp³-hybridized carbons (Fsp3) is 0.385. The van der Waals surface area contributed by atoms with Crippen molar-refractivity contribution in [2.24, 2.45) is 0 Å². The van der Waals surface area contributed by atoms with E-state index < -0.39 is 11.6 Å². The van der Waals surface area contributed by atoms with Crippen molar-refractivity contribution >= 4 is 6.08 Å². The maximum atomic E-state index is 12.8. The van der Waals surface area contributed by atoms with E-state index in [2.05, 4.69) is 12.2 Å². The van der Waals surface area contributed by atoms with Gasteiger partial charge in [0.25, 0.3) is 0 Å². The predicted molar refractivity (Wildman–Crippen MR) is 63.2 cm³/mol. The lowest BCUT2D eigenvalue weighted by Gasteiger charge is -1.98. The van der Waals surface area contributed by atoms with Gasteiger partial charge in [0.15, 0.2) is 11.6 Å². The number of hydrogen-bond acceptors (Lipinski definition) is 1. The summed E-state index contributed by atoms with van der Waals surface area (Å²) < 4.78 is 25.5. The van der Waals surface area contributed by atoms with Crippen LogP contribution in [0.25, 0.3) is 6.08 Å². The minimum atomic E-state index is -0.804. The highest BCUT2D eigenvalue weighted by Crippen LogP contribution is 2.10. The second kappa shape index (κ2) is 7.12. The summed E-state index contributed by atoms with van der Waals surface area (Å²) in [6, 6.07) is 3.91. The number of halogens is 2. The molecule has 0 aliphatic carbocycles. The third-order valence-electron chi connectivity index (χ3n) is 2.17. The highest BCUT2D eigenvalue weighted by molar-refractivity contribution is 5.49. The van der Waals surface area contributed by atoms with E-state index in [1.807, 2.05) is 6.08 Å². The standard InChI is InChI=1S/C13H17F2N/c1-2-8-16-9-4-3-5-11-6-7-12(14)13(15)10-11/h3,5-7,10,16H,2,4,8-9H2,1H3. The molecule has 0 spiro atoms. The van der Waals surface area contributed by atoms with Crippen molar-refractivity contribution in [1.82, 2.24) is 5.32 Å². The molecule has 0 amide bonds. The van der Waals surface area contributed by atoms with Gasteiger partial charge in [-0.3, -0.25) is 0 Å². The maximum absolute atomic E-state index is 12.8. The highest BCUT2D eigenvalue weighted by Gasteiger charge is 1.99. The Balaban J connectivity index is 2.35. The Hall–Kier alpha value is -1.22. The highest BCUT2D eigenvalue weighted by atomic mass is 19.2. The second-order valence-electron chi connectivity index (χ2n) is 3.61. The van der Waals surface area contributed by atoms with E-state index >= 15 is 0 Å². The molecule has 1 N–H and O–H groups in total. The number of benzene rings is 1. The van der Waals surface area contributed by atoms with E-state index in [9.17, 15) is 8.78 Å². The molecule has 0 aliphatic rings. The molecule has 1 nitrogen and oxygen atoms in total. The third-order valence-corrected chi connectivity index (χ3v) is 2.17. The normalized spacial score (nSPS) is 11.2. The first-order chi connectivity index (χ1) is 7.74. The van der Waals surface area contributed by atoms with Gasteiger partial charge in [0.05, 0.1) is 0 Å². The molecule has 0 aromatic heterocycles. The van der Waals surface area contributed by atoms with Crippen LogP contribution >= 0.6 is 0 Å². The van der Waals surface area contributed by atoms with Crippen LogP contribution in [0.15, 0.2) is 24.3 Å². The molecular weight excluding hydrogens is 208 g/mol. The summed E-state index contributed by atoms with van der Waals surface area (Å²) in [5.74, 6) is -1.60. The molecule has 1 rings (SSSR count). The Morgan fingerprint density at radius 1 is 1.19 bits per heavy atom. The molecule has 0 radical (unpaired) electrons. The van der Waals surface area contributed by atoms with E-state index in [0.717, 1.165) is 32.0 Å². The summed E-state index contributed by atoms with van der Waals surface area (Å²) in [4.78, 5) is 0. The van der Waals surface area contributed by atoms with E-state index in [1.165, 1.54) is 6.07 Å². The average molecular weight is 225 g/mol. The van der Waals surface area contributed by atoms with Crippen LogP contribution in [-0.4, -0.2) is 13.1 Å². The fourth-order valence-corrected chi connectivity index (χ4v) is 1.32. The largest absolute Gasteiger partial charge is 0.316 e. The molecular formula is C13H17F2N. The molecule has 0 bridgehead atoms. The van der Waals surface area contributed by atoms with Crippen LogP contribution in [0.5, 0.6) is 0 Å². The lowest BCUT2D eigenvalue weighted by Crippen LogP contribution is -2.14. The molecule has 0 saturated carbocycles. The van der Waals surface area contributed by atoms with Crippen molar-refractivity contribution in [1.29, 1.82) is 0 Å². The van der Waals surface area contributed by atoms with Gasteiger partial charge in [0, 0.05) is 0 Å². The molecule has 3 heteroatoms. The minimum Gasteiger partial charge on any atom is -0.316 e.